The van der Waals surface area contributed by atoms with Crippen LogP contribution in [0.4, 0.5) is 10.9 Å². The van der Waals surface area contributed by atoms with E-state index in [0.717, 1.165) is 13.0 Å². The van der Waals surface area contributed by atoms with Crippen LogP contribution in [-0.2, 0) is 0 Å². The smallest absolute Gasteiger partial charge is 0.267 e. The van der Waals surface area contributed by atoms with E-state index >= 15 is 0 Å². The van der Waals surface area contributed by atoms with Gasteiger partial charge in [0.1, 0.15) is 10.7 Å². The normalized spacial score (nSPS) is 12.5. The first-order valence-electron chi connectivity index (χ1n) is 6.65. The van der Waals surface area contributed by atoms with Crippen LogP contribution < -0.4 is 11.1 Å². The molecule has 0 saturated carbocycles. The van der Waals surface area contributed by atoms with E-state index in [9.17, 15) is 4.79 Å². The van der Waals surface area contributed by atoms with Crippen LogP contribution >= 0.6 is 11.3 Å². The van der Waals surface area contributed by atoms with E-state index in [2.05, 4.69) is 31.1 Å². The van der Waals surface area contributed by atoms with Crippen LogP contribution in [0.3, 0.4) is 0 Å². The molecule has 0 radical (unpaired) electrons. The minimum atomic E-state index is -0.0549. The van der Waals surface area contributed by atoms with Crippen molar-refractivity contribution in [1.82, 2.24) is 9.88 Å². The predicted octanol–water partition coefficient (Wildman–Crippen LogP) is 2.66. The number of thiazole rings is 1. The number of hydrogen-bond acceptors (Lipinski definition) is 5. The summed E-state index contributed by atoms with van der Waals surface area (Å²) in [5.74, 6) is 0.665. The van der Waals surface area contributed by atoms with Gasteiger partial charge in [0.25, 0.3) is 5.91 Å². The number of anilines is 2. The number of carbonyl (C=O) groups is 1. The molecule has 3 N–H and O–H groups in total. The predicted molar refractivity (Wildman–Crippen MR) is 81.7 cm³/mol. The Hall–Kier alpha value is -1.30. The van der Waals surface area contributed by atoms with Gasteiger partial charge in [0, 0.05) is 19.6 Å². The zero-order valence-electron chi connectivity index (χ0n) is 12.4. The molecular weight excluding hydrogens is 260 g/mol. The molecule has 0 fully saturated rings. The fourth-order valence-corrected chi connectivity index (χ4v) is 2.48. The van der Waals surface area contributed by atoms with Gasteiger partial charge in [-0.2, -0.15) is 0 Å². The Kier molecular flexibility index (Phi) is 5.60. The first kappa shape index (κ1) is 15.8. The number of rotatable bonds is 6. The first-order valence-corrected chi connectivity index (χ1v) is 7.47. The van der Waals surface area contributed by atoms with Crippen molar-refractivity contribution < 1.29 is 4.79 Å². The van der Waals surface area contributed by atoms with Gasteiger partial charge in [-0.1, -0.05) is 32.1 Å². The molecule has 0 spiro atoms. The molecule has 1 unspecified atom stereocenters. The number of amides is 1. The highest BCUT2D eigenvalue weighted by atomic mass is 32.1. The van der Waals surface area contributed by atoms with Crippen molar-refractivity contribution in [3.63, 3.8) is 0 Å². The largest absolute Gasteiger partial charge is 0.382 e. The summed E-state index contributed by atoms with van der Waals surface area (Å²) >= 11 is 1.33. The molecule has 0 saturated heterocycles. The molecule has 0 aromatic carbocycles. The van der Waals surface area contributed by atoms with Gasteiger partial charge < -0.3 is 16.0 Å². The Morgan fingerprint density at radius 1 is 1.47 bits per heavy atom. The van der Waals surface area contributed by atoms with Crippen molar-refractivity contribution in [1.29, 1.82) is 0 Å². The molecule has 0 bridgehead atoms. The maximum absolute atomic E-state index is 12.4. The fourth-order valence-electron chi connectivity index (χ4n) is 1.59. The molecule has 108 valence electrons. The van der Waals surface area contributed by atoms with Crippen molar-refractivity contribution in [3.05, 3.63) is 4.88 Å². The second-order valence-electron chi connectivity index (χ2n) is 5.06. The van der Waals surface area contributed by atoms with E-state index in [-0.39, 0.29) is 11.9 Å². The van der Waals surface area contributed by atoms with Crippen LogP contribution in [0.2, 0.25) is 0 Å². The number of carbonyl (C=O) groups excluding carboxylic acids is 1. The number of hydrogen-bond donors (Lipinski definition) is 2. The highest BCUT2D eigenvalue weighted by molar-refractivity contribution is 7.18. The lowest BCUT2D eigenvalue weighted by Crippen LogP contribution is -2.38. The third-order valence-electron chi connectivity index (χ3n) is 3.27. The maximum Gasteiger partial charge on any atom is 0.267 e. The summed E-state index contributed by atoms with van der Waals surface area (Å²) in [4.78, 5) is 18.8. The summed E-state index contributed by atoms with van der Waals surface area (Å²) in [5, 5.41) is 3.87. The standard InChI is InChI=1S/C13H24N4OS/c1-6-7-15-13-16-11(14)10(19-13)12(18)17(5)9(4)8(2)3/h8-9H,6-7,14H2,1-5H3,(H,15,16). The minimum absolute atomic E-state index is 0.0549. The van der Waals surface area contributed by atoms with Gasteiger partial charge in [0.2, 0.25) is 0 Å². The Balaban J connectivity index is 2.84. The molecule has 1 amide bonds. The molecule has 1 atom stereocenters. The van der Waals surface area contributed by atoms with E-state index in [1.807, 2.05) is 14.0 Å². The number of nitrogen functional groups attached to an aromatic ring is 1. The zero-order chi connectivity index (χ0) is 14.6. The van der Waals surface area contributed by atoms with Crippen molar-refractivity contribution in [2.75, 3.05) is 24.6 Å². The summed E-state index contributed by atoms with van der Waals surface area (Å²) in [6.07, 6.45) is 1.01. The van der Waals surface area contributed by atoms with Crippen LogP contribution in [0.25, 0.3) is 0 Å². The maximum atomic E-state index is 12.4. The van der Waals surface area contributed by atoms with E-state index in [0.29, 0.717) is 21.7 Å². The molecule has 6 heteroatoms. The van der Waals surface area contributed by atoms with E-state index < -0.39 is 0 Å². The van der Waals surface area contributed by atoms with Crippen molar-refractivity contribution in [3.8, 4) is 0 Å². The molecule has 19 heavy (non-hydrogen) atoms. The Morgan fingerprint density at radius 3 is 2.63 bits per heavy atom. The second kappa shape index (κ2) is 6.75. The molecule has 1 aromatic heterocycles. The Labute approximate surface area is 119 Å². The molecule has 0 aliphatic carbocycles. The second-order valence-corrected chi connectivity index (χ2v) is 6.06. The third kappa shape index (κ3) is 3.83. The van der Waals surface area contributed by atoms with Gasteiger partial charge in [0.05, 0.1) is 0 Å². The fraction of sp³-hybridized carbons (Fsp3) is 0.692. The van der Waals surface area contributed by atoms with E-state index in [4.69, 9.17) is 5.73 Å². The molecule has 1 heterocycles. The van der Waals surface area contributed by atoms with Crippen molar-refractivity contribution in [2.45, 2.75) is 40.2 Å². The van der Waals surface area contributed by atoms with Gasteiger partial charge in [-0.05, 0) is 19.3 Å². The van der Waals surface area contributed by atoms with Crippen LogP contribution in [0, 0.1) is 5.92 Å². The number of nitrogens with zero attached hydrogens (tertiary/aromatic N) is 2. The van der Waals surface area contributed by atoms with Gasteiger partial charge in [-0.25, -0.2) is 4.98 Å². The Bertz CT molecular complexity index is 430. The van der Waals surface area contributed by atoms with E-state index in [1.165, 1.54) is 11.3 Å². The van der Waals surface area contributed by atoms with Gasteiger partial charge in [-0.3, -0.25) is 4.79 Å². The van der Waals surface area contributed by atoms with Crippen molar-refractivity contribution in [2.24, 2.45) is 5.92 Å². The summed E-state index contributed by atoms with van der Waals surface area (Å²) < 4.78 is 0. The minimum Gasteiger partial charge on any atom is -0.382 e. The van der Waals surface area contributed by atoms with Crippen LogP contribution in [0.5, 0.6) is 0 Å². The molecule has 0 aliphatic rings. The number of nitrogens with one attached hydrogen (secondary N) is 1. The summed E-state index contributed by atoms with van der Waals surface area (Å²) in [7, 11) is 1.81. The van der Waals surface area contributed by atoms with Crippen LogP contribution in [0.1, 0.15) is 43.8 Å². The highest BCUT2D eigenvalue weighted by Gasteiger charge is 2.24. The molecule has 1 rings (SSSR count). The number of aromatic nitrogens is 1. The van der Waals surface area contributed by atoms with Crippen LogP contribution in [0.15, 0.2) is 0 Å². The lowest BCUT2D eigenvalue weighted by Gasteiger charge is -2.27. The molecule has 1 aromatic rings. The molecule has 5 nitrogen and oxygen atoms in total. The SMILES string of the molecule is CCCNc1nc(N)c(C(=O)N(C)C(C)C(C)C)s1. The lowest BCUT2D eigenvalue weighted by molar-refractivity contribution is 0.0713. The third-order valence-corrected chi connectivity index (χ3v) is 4.29. The molecular formula is C13H24N4OS. The first-order chi connectivity index (χ1) is 8.88. The quantitative estimate of drug-likeness (QED) is 0.842. The Morgan fingerprint density at radius 2 is 2.11 bits per heavy atom. The van der Waals surface area contributed by atoms with E-state index in [1.54, 1.807) is 4.90 Å². The topological polar surface area (TPSA) is 71.2 Å². The monoisotopic (exact) mass is 284 g/mol. The summed E-state index contributed by atoms with van der Waals surface area (Å²) in [6, 6.07) is 0.168. The average Bonchev–Trinajstić information content (AvgIpc) is 2.74. The van der Waals surface area contributed by atoms with Gasteiger partial charge in [0.15, 0.2) is 5.13 Å². The van der Waals surface area contributed by atoms with Crippen molar-refractivity contribution >= 4 is 28.2 Å². The lowest BCUT2D eigenvalue weighted by atomic mass is 10.1. The average molecular weight is 284 g/mol. The number of nitrogens with two attached hydrogens (primary N) is 1. The van der Waals surface area contributed by atoms with Crippen LogP contribution in [-0.4, -0.2) is 35.4 Å². The highest BCUT2D eigenvalue weighted by Crippen LogP contribution is 2.27. The van der Waals surface area contributed by atoms with Gasteiger partial charge >= 0.3 is 0 Å². The summed E-state index contributed by atoms with van der Waals surface area (Å²) in [6.45, 7) is 9.14. The zero-order valence-corrected chi connectivity index (χ0v) is 13.2. The molecule has 0 aliphatic heterocycles. The summed E-state index contributed by atoms with van der Waals surface area (Å²) in [5.41, 5.74) is 5.84. The van der Waals surface area contributed by atoms with Gasteiger partial charge in [-0.15, -0.1) is 0 Å².